The van der Waals surface area contributed by atoms with Crippen LogP contribution >= 0.6 is 0 Å². The SMILES string of the molecule is CCCCCCCCCCCCCCCCCCC1CC2OC2CC1CCCCCCCCCCCCCCCCCC. The Hall–Kier alpha value is -0.0400. The van der Waals surface area contributed by atoms with Crippen molar-refractivity contribution in [2.45, 2.75) is 257 Å². The summed E-state index contributed by atoms with van der Waals surface area (Å²) >= 11 is 0. The Balaban J connectivity index is 1.33. The van der Waals surface area contributed by atoms with Crippen LogP contribution in [0.2, 0.25) is 0 Å². The van der Waals surface area contributed by atoms with Crippen LogP contribution in [0.15, 0.2) is 0 Å². The Morgan fingerprint density at radius 1 is 0.302 bits per heavy atom. The molecular weight excluding hydrogens is 520 g/mol. The van der Waals surface area contributed by atoms with E-state index < -0.39 is 0 Å². The number of rotatable bonds is 34. The second-order valence-electron chi connectivity index (χ2n) is 15.4. The molecule has 2 fully saturated rings. The largest absolute Gasteiger partial charge is 0.370 e. The Bertz CT molecular complexity index is 509. The minimum Gasteiger partial charge on any atom is -0.370 e. The van der Waals surface area contributed by atoms with Gasteiger partial charge in [0.1, 0.15) is 0 Å². The fourth-order valence-corrected chi connectivity index (χ4v) is 8.19. The van der Waals surface area contributed by atoms with Crippen molar-refractivity contribution in [1.29, 1.82) is 0 Å². The molecule has 1 aliphatic heterocycles. The monoisotopic (exact) mass is 603 g/mol. The number of fused-ring (bicyclic) bond motifs is 1. The highest BCUT2D eigenvalue weighted by Gasteiger charge is 2.47. The van der Waals surface area contributed by atoms with Crippen LogP contribution < -0.4 is 0 Å². The van der Waals surface area contributed by atoms with Crippen LogP contribution in [-0.4, -0.2) is 12.2 Å². The van der Waals surface area contributed by atoms with Gasteiger partial charge in [-0.05, 0) is 24.7 Å². The summed E-state index contributed by atoms with van der Waals surface area (Å²) in [5, 5.41) is 0. The van der Waals surface area contributed by atoms with Crippen molar-refractivity contribution < 1.29 is 4.74 Å². The fourth-order valence-electron chi connectivity index (χ4n) is 8.19. The normalized spacial score (nSPS) is 21.3. The first kappa shape index (κ1) is 39.1. The van der Waals surface area contributed by atoms with Gasteiger partial charge in [-0.25, -0.2) is 0 Å². The summed E-state index contributed by atoms with van der Waals surface area (Å²) in [7, 11) is 0. The van der Waals surface area contributed by atoms with E-state index in [0.717, 1.165) is 11.8 Å². The first-order valence-corrected chi connectivity index (χ1v) is 21.0. The highest BCUT2D eigenvalue weighted by atomic mass is 16.6. The van der Waals surface area contributed by atoms with Gasteiger partial charge in [-0.2, -0.15) is 0 Å². The summed E-state index contributed by atoms with van der Waals surface area (Å²) in [6.45, 7) is 4.62. The molecule has 2 rings (SSSR count). The Morgan fingerprint density at radius 2 is 0.512 bits per heavy atom. The number of ether oxygens (including phenoxy) is 1. The second kappa shape index (κ2) is 29.4. The highest BCUT2D eigenvalue weighted by Crippen LogP contribution is 2.46. The minimum absolute atomic E-state index is 0.660. The first-order valence-electron chi connectivity index (χ1n) is 21.0. The van der Waals surface area contributed by atoms with Crippen LogP contribution in [0.4, 0.5) is 0 Å². The van der Waals surface area contributed by atoms with Gasteiger partial charge < -0.3 is 4.74 Å². The average molecular weight is 603 g/mol. The predicted molar refractivity (Wildman–Crippen MR) is 193 cm³/mol. The Morgan fingerprint density at radius 3 is 0.744 bits per heavy atom. The lowest BCUT2D eigenvalue weighted by atomic mass is 9.74. The maximum Gasteiger partial charge on any atom is 0.0844 e. The van der Waals surface area contributed by atoms with E-state index in [2.05, 4.69) is 13.8 Å². The number of hydrogen-bond donors (Lipinski definition) is 0. The summed E-state index contributed by atoms with van der Waals surface area (Å²) in [6.07, 6.45) is 54.2. The minimum atomic E-state index is 0.660. The smallest absolute Gasteiger partial charge is 0.0844 e. The molecule has 1 aliphatic carbocycles. The van der Waals surface area contributed by atoms with Crippen molar-refractivity contribution in [2.24, 2.45) is 11.8 Å². The average Bonchev–Trinajstić information content (AvgIpc) is 3.78. The molecule has 0 spiro atoms. The van der Waals surface area contributed by atoms with E-state index in [9.17, 15) is 0 Å². The van der Waals surface area contributed by atoms with E-state index in [4.69, 9.17) is 4.74 Å². The number of hydrogen-bond acceptors (Lipinski definition) is 1. The van der Waals surface area contributed by atoms with Gasteiger partial charge in [0.05, 0.1) is 12.2 Å². The van der Waals surface area contributed by atoms with Gasteiger partial charge >= 0.3 is 0 Å². The molecule has 2 aliphatic rings. The van der Waals surface area contributed by atoms with Crippen LogP contribution in [0.25, 0.3) is 0 Å². The molecule has 1 saturated heterocycles. The third kappa shape index (κ3) is 23.0. The van der Waals surface area contributed by atoms with Crippen molar-refractivity contribution in [3.05, 3.63) is 0 Å². The van der Waals surface area contributed by atoms with Crippen LogP contribution in [0.1, 0.15) is 245 Å². The summed E-state index contributed by atoms with van der Waals surface area (Å²) < 4.78 is 6.00. The fraction of sp³-hybridized carbons (Fsp3) is 1.00. The van der Waals surface area contributed by atoms with E-state index in [0.29, 0.717) is 12.2 Å². The molecule has 1 heterocycles. The molecule has 1 heteroatoms. The van der Waals surface area contributed by atoms with Gasteiger partial charge in [-0.1, -0.05) is 232 Å². The van der Waals surface area contributed by atoms with Crippen LogP contribution in [-0.2, 0) is 4.74 Å². The van der Waals surface area contributed by atoms with Gasteiger partial charge in [-0.15, -0.1) is 0 Å². The molecule has 256 valence electrons. The van der Waals surface area contributed by atoms with Gasteiger partial charge in [0.15, 0.2) is 0 Å². The molecule has 4 atom stereocenters. The molecule has 0 N–H and O–H groups in total. The predicted octanol–water partition coefficient (Wildman–Crippen LogP) is 15.1. The zero-order valence-corrected chi connectivity index (χ0v) is 30.2. The van der Waals surface area contributed by atoms with Gasteiger partial charge in [0, 0.05) is 0 Å². The molecule has 0 aromatic carbocycles. The quantitative estimate of drug-likeness (QED) is 0.0527. The molecular formula is C42H82O. The Kier molecular flexibility index (Phi) is 26.7. The van der Waals surface area contributed by atoms with E-state index in [1.165, 1.54) is 231 Å². The van der Waals surface area contributed by atoms with Crippen molar-refractivity contribution in [1.82, 2.24) is 0 Å². The highest BCUT2D eigenvalue weighted by molar-refractivity contribution is 4.95. The van der Waals surface area contributed by atoms with Crippen LogP contribution in [0, 0.1) is 11.8 Å². The molecule has 0 amide bonds. The second-order valence-corrected chi connectivity index (χ2v) is 15.4. The molecule has 1 nitrogen and oxygen atoms in total. The summed E-state index contributed by atoms with van der Waals surface area (Å²) in [6, 6.07) is 0. The Labute approximate surface area is 273 Å². The molecule has 0 aromatic rings. The van der Waals surface area contributed by atoms with Crippen molar-refractivity contribution in [3.8, 4) is 0 Å². The molecule has 4 unspecified atom stereocenters. The molecule has 1 saturated carbocycles. The summed E-state index contributed by atoms with van der Waals surface area (Å²) in [5.41, 5.74) is 0. The molecule has 43 heavy (non-hydrogen) atoms. The lowest BCUT2D eigenvalue weighted by molar-refractivity contribution is 0.224. The maximum absolute atomic E-state index is 6.00. The summed E-state index contributed by atoms with van der Waals surface area (Å²) in [5.74, 6) is 1.96. The van der Waals surface area contributed by atoms with E-state index >= 15 is 0 Å². The van der Waals surface area contributed by atoms with Gasteiger partial charge in [-0.3, -0.25) is 0 Å². The van der Waals surface area contributed by atoms with Crippen molar-refractivity contribution >= 4 is 0 Å². The van der Waals surface area contributed by atoms with E-state index in [1.54, 1.807) is 0 Å². The standard InChI is InChI=1S/C42H82O/c1-3-5-7-9-11-13-15-17-19-21-23-25-27-29-31-33-35-39-37-41-42(43-41)38-40(39)36-34-32-30-28-26-24-22-20-18-16-14-12-10-8-6-4-2/h39-42H,3-38H2,1-2H3. The van der Waals surface area contributed by atoms with Crippen molar-refractivity contribution in [2.75, 3.05) is 0 Å². The topological polar surface area (TPSA) is 12.5 Å². The zero-order chi connectivity index (χ0) is 30.5. The number of unbranched alkanes of at least 4 members (excludes halogenated alkanes) is 30. The lowest BCUT2D eigenvalue weighted by Gasteiger charge is -2.29. The van der Waals surface area contributed by atoms with Crippen molar-refractivity contribution in [3.63, 3.8) is 0 Å². The van der Waals surface area contributed by atoms with Gasteiger partial charge in [0.2, 0.25) is 0 Å². The van der Waals surface area contributed by atoms with E-state index in [1.807, 2.05) is 0 Å². The first-order chi connectivity index (χ1) is 21.3. The molecule has 0 aromatic heterocycles. The van der Waals surface area contributed by atoms with Crippen LogP contribution in [0.3, 0.4) is 0 Å². The van der Waals surface area contributed by atoms with E-state index in [-0.39, 0.29) is 0 Å². The van der Waals surface area contributed by atoms with Crippen LogP contribution in [0.5, 0.6) is 0 Å². The van der Waals surface area contributed by atoms with Gasteiger partial charge in [0.25, 0.3) is 0 Å². The number of epoxide rings is 1. The maximum atomic E-state index is 6.00. The molecule has 0 radical (unpaired) electrons. The lowest BCUT2D eigenvalue weighted by Crippen LogP contribution is -2.24. The third-order valence-electron chi connectivity index (χ3n) is 11.3. The third-order valence-corrected chi connectivity index (χ3v) is 11.3. The molecule has 0 bridgehead atoms. The summed E-state index contributed by atoms with van der Waals surface area (Å²) in [4.78, 5) is 0. The zero-order valence-electron chi connectivity index (χ0n) is 30.2.